The second kappa shape index (κ2) is 8.69. The van der Waals surface area contributed by atoms with E-state index in [2.05, 4.69) is 25.0 Å². The monoisotopic (exact) mass is 525 g/mol. The molecule has 1 aromatic carbocycles. The summed E-state index contributed by atoms with van der Waals surface area (Å²) in [5.41, 5.74) is 7.35. The van der Waals surface area contributed by atoms with Gasteiger partial charge in [-0.05, 0) is 49.8 Å². The Morgan fingerprint density at radius 2 is 2.13 bits per heavy atom. The molecule has 6 rings (SSSR count). The zero-order valence-electron chi connectivity index (χ0n) is 22.8. The standard InChI is InChI=1S/C29H40N4O5/c1-17-9-10-29(36)22-15-20-7-8-21(37-27(35)32(3)13-12-31-26(34)18(2)30)24-23(20)28(29,25(17)38-24)11-14-33(22,4)16-19-5-6-19/h7-8,18-19,22,25,36H,1,5-6,9-16,30H2,2-4H3/p+1/t18-,22-,25-,28-,29+,33?/m0/s1. The van der Waals surface area contributed by atoms with Crippen LogP contribution in [0, 0.1) is 5.92 Å². The molecule has 3 fully saturated rings. The number of ether oxygens (including phenoxy) is 2. The molecule has 0 radical (unpaired) electrons. The quantitative estimate of drug-likeness (QED) is 0.370. The van der Waals surface area contributed by atoms with Gasteiger partial charge >= 0.3 is 6.09 Å². The molecule has 2 heterocycles. The summed E-state index contributed by atoms with van der Waals surface area (Å²) in [7, 11) is 3.97. The van der Waals surface area contributed by atoms with Crippen molar-refractivity contribution in [3.05, 3.63) is 35.4 Å². The number of likely N-dealkylation sites (N-methyl/N-ethyl adjacent to an activating group) is 2. The van der Waals surface area contributed by atoms with Crippen LogP contribution in [0.15, 0.2) is 24.3 Å². The Hall–Kier alpha value is -2.62. The highest BCUT2D eigenvalue weighted by Gasteiger charge is 2.75. The Morgan fingerprint density at radius 1 is 1.37 bits per heavy atom. The van der Waals surface area contributed by atoms with Gasteiger partial charge in [-0.2, -0.15) is 0 Å². The summed E-state index contributed by atoms with van der Waals surface area (Å²) < 4.78 is 13.4. The lowest BCUT2D eigenvalue weighted by Gasteiger charge is -2.65. The fraction of sp³-hybridized carbons (Fsp3) is 0.655. The van der Waals surface area contributed by atoms with E-state index < -0.39 is 23.2 Å². The Labute approximate surface area is 224 Å². The molecule has 2 saturated carbocycles. The van der Waals surface area contributed by atoms with E-state index in [1.54, 1.807) is 14.0 Å². The summed E-state index contributed by atoms with van der Waals surface area (Å²) in [6.07, 6.45) is 4.78. The SMILES string of the molecule is C=C1CC[C@@]2(O)[C@@H]3Cc4ccc(OC(=O)N(C)CCNC(=O)[C@H](C)N)c5c4[C@@]2(CC[N+]3(C)CC2CC2)[C@H]1O5. The third-order valence-electron chi connectivity index (χ3n) is 10.1. The Kier molecular flexibility index (Phi) is 5.87. The normalized spacial score (nSPS) is 35.1. The van der Waals surface area contributed by atoms with Gasteiger partial charge in [-0.1, -0.05) is 12.6 Å². The summed E-state index contributed by atoms with van der Waals surface area (Å²) in [4.78, 5) is 26.1. The van der Waals surface area contributed by atoms with E-state index in [0.717, 1.165) is 53.9 Å². The average molecular weight is 526 g/mol. The number of rotatable bonds is 7. The first-order valence-electron chi connectivity index (χ1n) is 14.0. The van der Waals surface area contributed by atoms with Gasteiger partial charge in [0.2, 0.25) is 5.91 Å². The first-order chi connectivity index (χ1) is 18.0. The van der Waals surface area contributed by atoms with Gasteiger partial charge in [0, 0.05) is 44.5 Å². The molecule has 1 aromatic rings. The average Bonchev–Trinajstić information content (AvgIpc) is 3.60. The van der Waals surface area contributed by atoms with Gasteiger partial charge in [0.15, 0.2) is 11.5 Å². The van der Waals surface area contributed by atoms with Crippen LogP contribution in [-0.4, -0.2) is 90.6 Å². The number of hydrogen-bond donors (Lipinski definition) is 3. The lowest BCUT2D eigenvalue weighted by molar-refractivity contribution is -0.950. The van der Waals surface area contributed by atoms with Crippen molar-refractivity contribution in [2.45, 2.75) is 74.7 Å². The molecule has 4 N–H and O–H groups in total. The first-order valence-corrected chi connectivity index (χ1v) is 14.0. The third-order valence-corrected chi connectivity index (χ3v) is 10.1. The smallest absolute Gasteiger partial charge is 0.415 e. The maximum Gasteiger partial charge on any atom is 0.415 e. The van der Waals surface area contributed by atoms with E-state index in [4.69, 9.17) is 15.2 Å². The van der Waals surface area contributed by atoms with Crippen molar-refractivity contribution in [3.8, 4) is 11.5 Å². The molecule has 1 spiro atoms. The second-order valence-corrected chi connectivity index (χ2v) is 12.6. The molecule has 2 aliphatic heterocycles. The van der Waals surface area contributed by atoms with E-state index >= 15 is 0 Å². The highest BCUT2D eigenvalue weighted by Crippen LogP contribution is 2.67. The topological polar surface area (TPSA) is 114 Å². The van der Waals surface area contributed by atoms with Gasteiger partial charge in [0.1, 0.15) is 17.7 Å². The lowest BCUT2D eigenvalue weighted by Crippen LogP contribution is -2.80. The van der Waals surface area contributed by atoms with Crippen LogP contribution in [0.2, 0.25) is 0 Å². The van der Waals surface area contributed by atoms with Crippen LogP contribution in [0.5, 0.6) is 11.5 Å². The Balaban J connectivity index is 1.30. The number of quaternary nitrogens is 1. The number of likely N-dealkylation sites (tertiary alicyclic amines) is 1. The minimum absolute atomic E-state index is 0.112. The number of hydrogen-bond acceptors (Lipinski definition) is 6. The number of benzene rings is 1. The van der Waals surface area contributed by atoms with Crippen LogP contribution in [0.4, 0.5) is 4.79 Å². The number of aliphatic hydroxyl groups is 1. The van der Waals surface area contributed by atoms with Gasteiger partial charge < -0.3 is 35.0 Å². The van der Waals surface area contributed by atoms with Crippen molar-refractivity contribution in [3.63, 3.8) is 0 Å². The molecule has 0 aromatic heterocycles. The van der Waals surface area contributed by atoms with Crippen molar-refractivity contribution in [2.75, 3.05) is 40.3 Å². The van der Waals surface area contributed by atoms with Gasteiger partial charge in [0.05, 0.1) is 31.6 Å². The van der Waals surface area contributed by atoms with Crippen LogP contribution in [-0.2, 0) is 16.6 Å². The van der Waals surface area contributed by atoms with E-state index in [1.807, 2.05) is 6.07 Å². The number of amides is 2. The van der Waals surface area contributed by atoms with Crippen molar-refractivity contribution in [2.24, 2.45) is 11.7 Å². The number of carbonyl (C=O) groups excluding carboxylic acids is 2. The molecule has 6 atom stereocenters. The maximum atomic E-state index is 13.0. The maximum absolute atomic E-state index is 13.0. The predicted octanol–water partition coefficient (Wildman–Crippen LogP) is 1.85. The summed E-state index contributed by atoms with van der Waals surface area (Å²) in [5.74, 6) is 1.46. The molecule has 9 nitrogen and oxygen atoms in total. The van der Waals surface area contributed by atoms with E-state index in [1.165, 1.54) is 23.3 Å². The molecule has 1 saturated heterocycles. The molecule has 5 aliphatic rings. The largest absolute Gasteiger partial charge is 0.481 e. The lowest BCUT2D eigenvalue weighted by atomic mass is 9.48. The van der Waals surface area contributed by atoms with Crippen molar-refractivity contribution in [1.82, 2.24) is 10.2 Å². The summed E-state index contributed by atoms with van der Waals surface area (Å²) in [6.45, 7) is 8.66. The van der Waals surface area contributed by atoms with Crippen molar-refractivity contribution >= 4 is 12.0 Å². The van der Waals surface area contributed by atoms with Gasteiger partial charge in [-0.3, -0.25) is 4.79 Å². The highest BCUT2D eigenvalue weighted by molar-refractivity contribution is 5.81. The molecule has 1 unspecified atom stereocenters. The van der Waals surface area contributed by atoms with Crippen molar-refractivity contribution in [1.29, 1.82) is 0 Å². The second-order valence-electron chi connectivity index (χ2n) is 12.6. The number of piperidine rings is 1. The summed E-state index contributed by atoms with van der Waals surface area (Å²) in [6, 6.07) is 3.40. The highest BCUT2D eigenvalue weighted by atomic mass is 16.6. The van der Waals surface area contributed by atoms with E-state index in [9.17, 15) is 14.7 Å². The predicted molar refractivity (Wildman–Crippen MR) is 142 cm³/mol. The number of nitrogens with one attached hydrogen (secondary N) is 1. The molecule has 206 valence electrons. The fourth-order valence-corrected chi connectivity index (χ4v) is 7.91. The molecule has 3 aliphatic carbocycles. The zero-order chi connectivity index (χ0) is 27.0. The summed E-state index contributed by atoms with van der Waals surface area (Å²) in [5, 5.41) is 15.3. The van der Waals surface area contributed by atoms with Gasteiger partial charge in [0.25, 0.3) is 0 Å². The number of nitrogens with zero attached hydrogens (tertiary/aromatic N) is 2. The molecule has 38 heavy (non-hydrogen) atoms. The third kappa shape index (κ3) is 3.62. The van der Waals surface area contributed by atoms with Gasteiger partial charge in [-0.25, -0.2) is 4.79 Å². The Morgan fingerprint density at radius 3 is 2.84 bits per heavy atom. The van der Waals surface area contributed by atoms with Crippen molar-refractivity contribution < 1.29 is 28.7 Å². The molecule has 2 amide bonds. The molecular weight excluding hydrogens is 484 g/mol. The van der Waals surface area contributed by atoms with Crippen LogP contribution in [0.1, 0.15) is 50.2 Å². The van der Waals surface area contributed by atoms with Crippen LogP contribution >= 0.6 is 0 Å². The van der Waals surface area contributed by atoms with Crippen LogP contribution < -0.4 is 20.5 Å². The number of carbonyl (C=O) groups is 2. The number of nitrogens with two attached hydrogens (primary N) is 1. The fourth-order valence-electron chi connectivity index (χ4n) is 7.91. The molecule has 9 heteroatoms. The first kappa shape index (κ1) is 25.6. The van der Waals surface area contributed by atoms with Gasteiger partial charge in [-0.15, -0.1) is 0 Å². The van der Waals surface area contributed by atoms with Crippen LogP contribution in [0.25, 0.3) is 0 Å². The summed E-state index contributed by atoms with van der Waals surface area (Å²) >= 11 is 0. The van der Waals surface area contributed by atoms with E-state index in [0.29, 0.717) is 17.9 Å². The molecular formula is C29H41N4O5+. The minimum atomic E-state index is -0.892. The minimum Gasteiger partial charge on any atom is -0.481 e. The van der Waals surface area contributed by atoms with Crippen LogP contribution in [0.3, 0.4) is 0 Å². The Bertz CT molecular complexity index is 1200. The molecule has 2 bridgehead atoms. The zero-order valence-corrected chi connectivity index (χ0v) is 22.8. The van der Waals surface area contributed by atoms with E-state index in [-0.39, 0.29) is 31.1 Å².